The Morgan fingerprint density at radius 1 is 0.447 bits per heavy atom. The molecule has 450 valence electrons. The van der Waals surface area contributed by atoms with Crippen molar-refractivity contribution >= 4 is 5.91 Å². The Hall–Kier alpha value is -1.41. The highest BCUT2D eigenvalue weighted by Gasteiger charge is 2.44. The van der Waals surface area contributed by atoms with Gasteiger partial charge < -0.3 is 50.5 Å². The van der Waals surface area contributed by atoms with E-state index < -0.39 is 74.2 Å². The highest BCUT2D eigenvalue weighted by molar-refractivity contribution is 5.80. The third-order valence-electron chi connectivity index (χ3n) is 16.0. The predicted molar refractivity (Wildman–Crippen MR) is 316 cm³/mol. The van der Waals surface area contributed by atoms with Crippen LogP contribution in [0.4, 0.5) is 0 Å². The van der Waals surface area contributed by atoms with Crippen LogP contribution in [0.3, 0.4) is 0 Å². The first-order valence-corrected chi connectivity index (χ1v) is 32.7. The number of ether oxygens (including phenoxy) is 2. The molecule has 0 aromatic heterocycles. The molecule has 1 rings (SSSR count). The summed E-state index contributed by atoms with van der Waals surface area (Å²) in [5.74, 6) is -0.703. The van der Waals surface area contributed by atoms with Crippen LogP contribution >= 0.6 is 0 Å². The summed E-state index contributed by atoms with van der Waals surface area (Å²) in [6.45, 7) is 3.49. The first-order chi connectivity index (χ1) is 37.2. The number of unbranched alkanes of at least 4 members (excludes halogenated alkanes) is 41. The van der Waals surface area contributed by atoms with E-state index in [9.17, 15) is 40.5 Å². The zero-order valence-electron chi connectivity index (χ0n) is 49.5. The molecule has 0 aromatic carbocycles. The van der Waals surface area contributed by atoms with Crippen LogP contribution in [0.2, 0.25) is 0 Å². The average molecular weight is 1080 g/mol. The number of allylic oxidation sites excluding steroid dienone is 4. The lowest BCUT2D eigenvalue weighted by Crippen LogP contribution is -2.60. The Morgan fingerprint density at radius 2 is 0.776 bits per heavy atom. The molecule has 9 atom stereocenters. The molecule has 11 heteroatoms. The van der Waals surface area contributed by atoms with Crippen molar-refractivity contribution in [2.45, 2.75) is 371 Å². The molecular weight excluding hydrogens is 955 g/mol. The van der Waals surface area contributed by atoms with Gasteiger partial charge in [0, 0.05) is 0 Å². The molecule has 1 heterocycles. The van der Waals surface area contributed by atoms with Crippen LogP contribution in [0.25, 0.3) is 0 Å². The van der Waals surface area contributed by atoms with Crippen molar-refractivity contribution in [3.8, 4) is 0 Å². The second-order valence-corrected chi connectivity index (χ2v) is 23.2. The summed E-state index contributed by atoms with van der Waals surface area (Å²) in [5, 5.41) is 76.3. The van der Waals surface area contributed by atoms with Gasteiger partial charge in [-0.25, -0.2) is 0 Å². The molecule has 1 fully saturated rings. The predicted octanol–water partition coefficient (Wildman–Crippen LogP) is 14.9. The Bertz CT molecular complexity index is 1280. The van der Waals surface area contributed by atoms with E-state index in [0.29, 0.717) is 12.8 Å². The van der Waals surface area contributed by atoms with E-state index in [1.165, 1.54) is 238 Å². The maximum atomic E-state index is 13.2. The topological polar surface area (TPSA) is 189 Å². The third kappa shape index (κ3) is 41.6. The summed E-state index contributed by atoms with van der Waals surface area (Å²) in [4.78, 5) is 13.2. The monoisotopic (exact) mass is 1080 g/mol. The van der Waals surface area contributed by atoms with E-state index in [4.69, 9.17) is 9.47 Å². The molecular formula is C65H125NO10. The molecule has 76 heavy (non-hydrogen) atoms. The largest absolute Gasteiger partial charge is 0.394 e. The highest BCUT2D eigenvalue weighted by Crippen LogP contribution is 2.24. The SMILES string of the molecule is CCCCCCCCCCCCCC/C=C\CCCCCCCCCCCCC(O)C(=O)NC(COC1OC(CO)C(O)C(O)C1O)C(O)C(O)CCC/C=C/CCCCCCCCCCCCCCCCCCCC. The molecule has 0 aliphatic carbocycles. The fourth-order valence-corrected chi connectivity index (χ4v) is 10.7. The number of hydrogen-bond acceptors (Lipinski definition) is 10. The molecule has 0 bridgehead atoms. The summed E-state index contributed by atoms with van der Waals surface area (Å²) in [6.07, 6.45) is 55.3. The van der Waals surface area contributed by atoms with Crippen LogP contribution in [0, 0.1) is 0 Å². The number of nitrogens with one attached hydrogen (secondary N) is 1. The van der Waals surface area contributed by atoms with Gasteiger partial charge in [0.15, 0.2) is 6.29 Å². The maximum absolute atomic E-state index is 13.2. The van der Waals surface area contributed by atoms with Gasteiger partial charge in [0.05, 0.1) is 25.4 Å². The average Bonchev–Trinajstić information content (AvgIpc) is 3.42. The molecule has 1 amide bonds. The molecule has 0 aromatic rings. The van der Waals surface area contributed by atoms with Crippen molar-refractivity contribution in [2.75, 3.05) is 13.2 Å². The lowest BCUT2D eigenvalue weighted by Gasteiger charge is -2.40. The summed E-state index contributed by atoms with van der Waals surface area (Å²) < 4.78 is 11.2. The second-order valence-electron chi connectivity index (χ2n) is 23.2. The van der Waals surface area contributed by atoms with Crippen LogP contribution in [0.15, 0.2) is 24.3 Å². The number of amides is 1. The number of aliphatic hydroxyl groups is 7. The lowest BCUT2D eigenvalue weighted by molar-refractivity contribution is -0.303. The molecule has 1 aliphatic rings. The molecule has 0 radical (unpaired) electrons. The first kappa shape index (κ1) is 72.6. The minimum atomic E-state index is -1.67. The Labute approximate surface area is 467 Å². The van der Waals surface area contributed by atoms with Crippen molar-refractivity contribution < 1.29 is 50.0 Å². The maximum Gasteiger partial charge on any atom is 0.249 e. The highest BCUT2D eigenvalue weighted by atomic mass is 16.7. The van der Waals surface area contributed by atoms with Crippen LogP contribution in [0.1, 0.15) is 316 Å². The van der Waals surface area contributed by atoms with E-state index in [2.05, 4.69) is 43.5 Å². The third-order valence-corrected chi connectivity index (χ3v) is 16.0. The van der Waals surface area contributed by atoms with E-state index in [1.54, 1.807) is 0 Å². The van der Waals surface area contributed by atoms with Gasteiger partial charge in [0.1, 0.15) is 36.6 Å². The number of carbonyl (C=O) groups is 1. The molecule has 9 unspecified atom stereocenters. The molecule has 1 saturated heterocycles. The van der Waals surface area contributed by atoms with Gasteiger partial charge in [-0.15, -0.1) is 0 Å². The van der Waals surface area contributed by atoms with Gasteiger partial charge >= 0.3 is 0 Å². The summed E-state index contributed by atoms with van der Waals surface area (Å²) in [5.41, 5.74) is 0. The Balaban J connectivity index is 2.26. The van der Waals surface area contributed by atoms with Crippen molar-refractivity contribution in [3.05, 3.63) is 24.3 Å². The smallest absolute Gasteiger partial charge is 0.249 e. The summed E-state index contributed by atoms with van der Waals surface area (Å²) in [6, 6.07) is -1.19. The minimum absolute atomic E-state index is 0.254. The minimum Gasteiger partial charge on any atom is -0.394 e. The Morgan fingerprint density at radius 3 is 1.13 bits per heavy atom. The molecule has 0 saturated carbocycles. The fourth-order valence-electron chi connectivity index (χ4n) is 10.7. The normalized spacial score (nSPS) is 19.7. The Kier molecular flexibility index (Phi) is 51.8. The van der Waals surface area contributed by atoms with Gasteiger partial charge in [0.2, 0.25) is 5.91 Å². The zero-order chi connectivity index (χ0) is 55.4. The summed E-state index contributed by atoms with van der Waals surface area (Å²) in [7, 11) is 0. The van der Waals surface area contributed by atoms with Gasteiger partial charge in [-0.1, -0.05) is 276 Å². The van der Waals surface area contributed by atoms with E-state index >= 15 is 0 Å². The number of aliphatic hydroxyl groups excluding tert-OH is 7. The van der Waals surface area contributed by atoms with E-state index in [1.807, 2.05) is 0 Å². The first-order valence-electron chi connectivity index (χ1n) is 32.7. The van der Waals surface area contributed by atoms with Crippen LogP contribution < -0.4 is 5.32 Å². The zero-order valence-corrected chi connectivity index (χ0v) is 49.5. The number of carbonyl (C=O) groups excluding carboxylic acids is 1. The quantitative estimate of drug-likeness (QED) is 0.0215. The molecule has 0 spiro atoms. The molecule has 1 aliphatic heterocycles. The lowest BCUT2D eigenvalue weighted by atomic mass is 9.98. The van der Waals surface area contributed by atoms with Crippen LogP contribution in [-0.4, -0.2) is 110 Å². The molecule has 8 N–H and O–H groups in total. The van der Waals surface area contributed by atoms with Gasteiger partial charge in [-0.3, -0.25) is 4.79 Å². The van der Waals surface area contributed by atoms with E-state index in [-0.39, 0.29) is 12.8 Å². The fraction of sp³-hybridized carbons (Fsp3) is 0.923. The number of hydrogen-bond donors (Lipinski definition) is 8. The van der Waals surface area contributed by atoms with E-state index in [0.717, 1.165) is 38.5 Å². The number of rotatable bonds is 57. The van der Waals surface area contributed by atoms with Gasteiger partial charge in [-0.2, -0.15) is 0 Å². The van der Waals surface area contributed by atoms with Crippen molar-refractivity contribution in [2.24, 2.45) is 0 Å². The summed E-state index contributed by atoms with van der Waals surface area (Å²) >= 11 is 0. The van der Waals surface area contributed by atoms with Crippen LogP contribution in [-0.2, 0) is 14.3 Å². The van der Waals surface area contributed by atoms with Gasteiger partial charge in [0.25, 0.3) is 0 Å². The van der Waals surface area contributed by atoms with Crippen LogP contribution in [0.5, 0.6) is 0 Å². The van der Waals surface area contributed by atoms with Crippen molar-refractivity contribution in [1.29, 1.82) is 0 Å². The van der Waals surface area contributed by atoms with Crippen molar-refractivity contribution in [3.63, 3.8) is 0 Å². The second kappa shape index (κ2) is 54.2. The molecule has 11 nitrogen and oxygen atoms in total. The standard InChI is InChI=1S/C65H125NO10/c1-3-5-7-9-11-13-15-17-19-21-23-25-27-28-29-31-33-35-37-39-41-43-45-47-49-51-53-58(69)64(74)66-56(55-75-65-63(73)62(72)61(71)59(54-67)76-65)60(70)57(68)52-50-48-46-44-42-40-38-36-34-32-30-26-24-22-20-18-16-14-12-10-8-6-4-2/h28-29,44,46,56-63,65,67-73H,3-27,30-43,45,47-55H2,1-2H3,(H,66,74)/b29-28-,46-44+. The van der Waals surface area contributed by atoms with Gasteiger partial charge in [-0.05, 0) is 64.2 Å². The van der Waals surface area contributed by atoms with Crippen molar-refractivity contribution in [1.82, 2.24) is 5.32 Å².